The summed E-state index contributed by atoms with van der Waals surface area (Å²) in [7, 11) is 0. The van der Waals surface area contributed by atoms with E-state index in [1.807, 2.05) is 0 Å². The predicted octanol–water partition coefficient (Wildman–Crippen LogP) is 8.86. The van der Waals surface area contributed by atoms with Gasteiger partial charge in [-0.1, -0.05) is 85.9 Å². The molecule has 0 spiro atoms. The molecule has 0 saturated heterocycles. The molecule has 36 heavy (non-hydrogen) atoms. The fourth-order valence-corrected chi connectivity index (χ4v) is 8.61. The molecule has 2 aromatic carbocycles. The van der Waals surface area contributed by atoms with Crippen LogP contribution in [0.3, 0.4) is 0 Å². The summed E-state index contributed by atoms with van der Waals surface area (Å²) in [4.78, 5) is 0. The fraction of sp³-hybridized carbons (Fsp3) is 0.559. The van der Waals surface area contributed by atoms with Crippen LogP contribution in [0.4, 0.5) is 0 Å². The molecule has 3 heterocycles. The Labute approximate surface area is 217 Å². The number of aromatic nitrogens is 2. The minimum atomic E-state index is -0.00119. The Kier molecular flexibility index (Phi) is 5.06. The van der Waals surface area contributed by atoms with Crippen LogP contribution in [0.25, 0.3) is 27.5 Å². The van der Waals surface area contributed by atoms with Gasteiger partial charge < -0.3 is 0 Å². The third-order valence-corrected chi connectivity index (χ3v) is 11.0. The summed E-state index contributed by atoms with van der Waals surface area (Å²) in [5, 5.41) is 2.82. The van der Waals surface area contributed by atoms with Crippen LogP contribution < -0.4 is 4.57 Å². The minimum absolute atomic E-state index is 0.00119. The first-order valence-corrected chi connectivity index (χ1v) is 14.5. The van der Waals surface area contributed by atoms with Crippen molar-refractivity contribution in [1.82, 2.24) is 4.40 Å². The molecule has 2 heteroatoms. The third-order valence-electron chi connectivity index (χ3n) is 11.0. The average Bonchev–Trinajstić information content (AvgIpc) is 3.30. The molecule has 0 radical (unpaired) electrons. The number of benzene rings is 2. The normalized spacial score (nSPS) is 28.6. The Hall–Kier alpha value is -2.35. The molecule has 1 aliphatic heterocycles. The molecule has 190 valence electrons. The Morgan fingerprint density at radius 3 is 2.33 bits per heavy atom. The van der Waals surface area contributed by atoms with E-state index < -0.39 is 0 Å². The Morgan fingerprint density at radius 2 is 1.64 bits per heavy atom. The van der Waals surface area contributed by atoms with Crippen LogP contribution in [0.5, 0.6) is 0 Å². The summed E-state index contributed by atoms with van der Waals surface area (Å²) in [6.07, 6.45) is 11.1. The summed E-state index contributed by atoms with van der Waals surface area (Å²) in [6, 6.07) is 14.6. The molecule has 4 aromatic rings. The third kappa shape index (κ3) is 2.77. The van der Waals surface area contributed by atoms with Crippen LogP contribution >= 0.6 is 0 Å². The van der Waals surface area contributed by atoms with Gasteiger partial charge >= 0.3 is 0 Å². The number of hydrogen-bond donors (Lipinski definition) is 0. The summed E-state index contributed by atoms with van der Waals surface area (Å²) >= 11 is 0. The summed E-state index contributed by atoms with van der Waals surface area (Å²) < 4.78 is 5.30. The second kappa shape index (κ2) is 7.59. The molecule has 1 aliphatic carbocycles. The molecule has 3 unspecified atom stereocenters. The summed E-state index contributed by atoms with van der Waals surface area (Å²) in [5.74, 6) is 0. The number of pyridine rings is 1. The molecule has 2 nitrogen and oxygen atoms in total. The van der Waals surface area contributed by atoms with Crippen molar-refractivity contribution >= 4 is 27.5 Å². The van der Waals surface area contributed by atoms with Crippen molar-refractivity contribution in [2.24, 2.45) is 0 Å². The zero-order valence-corrected chi connectivity index (χ0v) is 23.9. The maximum atomic E-state index is 2.77. The van der Waals surface area contributed by atoms with Crippen LogP contribution in [-0.4, -0.2) is 4.40 Å². The van der Waals surface area contributed by atoms with Crippen molar-refractivity contribution in [1.29, 1.82) is 0 Å². The lowest BCUT2D eigenvalue weighted by Gasteiger charge is -2.46. The van der Waals surface area contributed by atoms with Gasteiger partial charge in [0.2, 0.25) is 0 Å². The van der Waals surface area contributed by atoms with Crippen molar-refractivity contribution in [3.63, 3.8) is 0 Å². The lowest BCUT2D eigenvalue weighted by atomic mass is 9.62. The van der Waals surface area contributed by atoms with E-state index in [-0.39, 0.29) is 21.8 Å². The van der Waals surface area contributed by atoms with E-state index in [2.05, 4.69) is 107 Å². The van der Waals surface area contributed by atoms with Crippen molar-refractivity contribution < 1.29 is 4.57 Å². The number of fused-ring (bicyclic) bond motifs is 4. The van der Waals surface area contributed by atoms with E-state index in [1.165, 1.54) is 65.1 Å². The minimum Gasteiger partial charge on any atom is -0.216 e. The van der Waals surface area contributed by atoms with Gasteiger partial charge in [-0.25, -0.2) is 4.57 Å². The number of nitrogens with zero attached hydrogens (tertiary/aromatic N) is 2. The summed E-state index contributed by atoms with van der Waals surface area (Å²) in [6.45, 7) is 19.7. The second-order valence-electron chi connectivity index (χ2n) is 13.4. The number of rotatable bonds is 6. The highest BCUT2D eigenvalue weighted by Gasteiger charge is 2.55. The molecule has 0 saturated carbocycles. The Bertz CT molecular complexity index is 1520. The average molecular weight is 482 g/mol. The molecular formula is C34H45N2+. The highest BCUT2D eigenvalue weighted by atomic mass is 15.2. The van der Waals surface area contributed by atoms with E-state index in [0.29, 0.717) is 0 Å². The fourth-order valence-electron chi connectivity index (χ4n) is 8.61. The van der Waals surface area contributed by atoms with Gasteiger partial charge in [-0.3, -0.25) is 0 Å². The quantitative estimate of drug-likeness (QED) is 0.192. The molecule has 3 atom stereocenters. The van der Waals surface area contributed by atoms with Crippen molar-refractivity contribution in [2.75, 3.05) is 0 Å². The first-order chi connectivity index (χ1) is 17.1. The van der Waals surface area contributed by atoms with E-state index >= 15 is 0 Å². The van der Waals surface area contributed by atoms with Gasteiger partial charge in [-0.05, 0) is 83.7 Å². The van der Waals surface area contributed by atoms with E-state index in [0.717, 1.165) is 12.8 Å². The molecular weight excluding hydrogens is 436 g/mol. The van der Waals surface area contributed by atoms with Crippen LogP contribution in [0.1, 0.15) is 117 Å². The molecule has 0 amide bonds. The zero-order valence-electron chi connectivity index (χ0n) is 23.9. The van der Waals surface area contributed by atoms with Gasteiger partial charge in [-0.2, -0.15) is 4.40 Å². The zero-order chi connectivity index (χ0) is 25.7. The maximum absolute atomic E-state index is 2.77. The van der Waals surface area contributed by atoms with E-state index in [4.69, 9.17) is 0 Å². The largest absolute Gasteiger partial charge is 0.295 e. The highest BCUT2D eigenvalue weighted by molar-refractivity contribution is 5.99. The maximum Gasteiger partial charge on any atom is 0.295 e. The van der Waals surface area contributed by atoms with Crippen LogP contribution in [0.15, 0.2) is 42.6 Å². The van der Waals surface area contributed by atoms with Crippen molar-refractivity contribution in [3.8, 4) is 0 Å². The predicted molar refractivity (Wildman–Crippen MR) is 153 cm³/mol. The Balaban J connectivity index is 1.76. The molecule has 2 aromatic heterocycles. The first kappa shape index (κ1) is 24.0. The van der Waals surface area contributed by atoms with Gasteiger partial charge in [-0.15, -0.1) is 0 Å². The van der Waals surface area contributed by atoms with Gasteiger partial charge in [0.25, 0.3) is 5.65 Å². The van der Waals surface area contributed by atoms with Crippen LogP contribution in [0.2, 0.25) is 0 Å². The molecule has 0 fully saturated rings. The van der Waals surface area contributed by atoms with Crippen molar-refractivity contribution in [2.45, 2.75) is 122 Å². The van der Waals surface area contributed by atoms with Crippen molar-refractivity contribution in [3.05, 3.63) is 59.3 Å². The van der Waals surface area contributed by atoms with Crippen LogP contribution in [-0.2, 0) is 21.8 Å². The smallest absolute Gasteiger partial charge is 0.216 e. The number of unbranched alkanes of at least 4 members (excludes halogenated alkanes) is 2. The van der Waals surface area contributed by atoms with Gasteiger partial charge in [0, 0.05) is 5.41 Å². The van der Waals surface area contributed by atoms with Gasteiger partial charge in [0.15, 0.2) is 11.0 Å². The SMILES string of the molecule is CCCCCC1(C)CC(C)(C)c2cc3c(cc21)n1ccc2cccc4c2c1[n+]3C(C)(CC)C4(C)CC. The lowest BCUT2D eigenvalue weighted by Crippen LogP contribution is -2.66. The molecule has 0 bridgehead atoms. The monoisotopic (exact) mass is 481 g/mol. The highest BCUT2D eigenvalue weighted by Crippen LogP contribution is 2.54. The summed E-state index contributed by atoms with van der Waals surface area (Å²) in [5.41, 5.74) is 9.44. The number of imidazole rings is 1. The van der Waals surface area contributed by atoms with E-state index in [1.54, 1.807) is 11.1 Å². The van der Waals surface area contributed by atoms with Gasteiger partial charge in [0.05, 0.1) is 11.6 Å². The van der Waals surface area contributed by atoms with E-state index in [9.17, 15) is 0 Å². The molecule has 2 aliphatic rings. The standard InChI is InChI=1S/C34H45N2/c1-9-12-13-18-32(6)22-31(4,5)25-20-28-27(21-26(25)32)35-19-17-23-15-14-16-24-29(23)30(35)36(28)34(8,11-3)33(24,7)10-2/h14-17,19-21H,9-13,18,22H2,1-8H3/q+1. The molecule has 6 rings (SSSR count). The lowest BCUT2D eigenvalue weighted by molar-refractivity contribution is -0.728. The topological polar surface area (TPSA) is 8.29 Å². The number of hydrogen-bond acceptors (Lipinski definition) is 0. The first-order valence-electron chi connectivity index (χ1n) is 14.5. The molecule has 0 N–H and O–H groups in total. The van der Waals surface area contributed by atoms with Crippen LogP contribution in [0, 0.1) is 0 Å². The van der Waals surface area contributed by atoms with Gasteiger partial charge in [0.1, 0.15) is 5.54 Å². The second-order valence-corrected chi connectivity index (χ2v) is 13.4. The Morgan fingerprint density at radius 1 is 0.861 bits per heavy atom.